The van der Waals surface area contributed by atoms with Crippen LogP contribution < -0.4 is 10.6 Å². The van der Waals surface area contributed by atoms with Crippen molar-refractivity contribution in [3.8, 4) is 0 Å². The fourth-order valence-electron chi connectivity index (χ4n) is 1.71. The van der Waals surface area contributed by atoms with Crippen LogP contribution in [0.3, 0.4) is 0 Å². The first-order valence-corrected chi connectivity index (χ1v) is 7.75. The van der Waals surface area contributed by atoms with Crippen LogP contribution in [0.15, 0.2) is 16.8 Å². The van der Waals surface area contributed by atoms with Gasteiger partial charge in [-0.15, -0.1) is 0 Å². The normalized spacial score (nSPS) is 11.7. The number of thiophene rings is 1. The third-order valence-corrected chi connectivity index (χ3v) is 3.53. The maximum Gasteiger partial charge on any atom is 0.303 e. The Bertz CT molecular complexity index is 473. The highest BCUT2D eigenvalue weighted by atomic mass is 32.1. The third kappa shape index (κ3) is 7.45. The van der Waals surface area contributed by atoms with Crippen LogP contribution in [0.5, 0.6) is 0 Å². The van der Waals surface area contributed by atoms with Crippen LogP contribution in [0, 0.1) is 0 Å². The maximum atomic E-state index is 11.6. The second-order valence-corrected chi connectivity index (χ2v) is 5.55. The number of nitrogens with one attached hydrogen (secondary N) is 2. The Morgan fingerprint density at radius 3 is 2.71 bits per heavy atom. The van der Waals surface area contributed by atoms with Crippen LogP contribution in [0.1, 0.15) is 43.0 Å². The van der Waals surface area contributed by atoms with Gasteiger partial charge >= 0.3 is 5.97 Å². The van der Waals surface area contributed by atoms with Crippen LogP contribution in [0.2, 0.25) is 0 Å². The van der Waals surface area contributed by atoms with E-state index >= 15 is 0 Å². The maximum absolute atomic E-state index is 11.6. The second-order valence-electron chi connectivity index (χ2n) is 4.77. The van der Waals surface area contributed by atoms with Crippen LogP contribution in [0.4, 0.5) is 0 Å². The molecule has 0 spiro atoms. The van der Waals surface area contributed by atoms with Crippen molar-refractivity contribution in [1.29, 1.82) is 0 Å². The van der Waals surface area contributed by atoms with Gasteiger partial charge in [0.1, 0.15) is 0 Å². The Labute approximate surface area is 127 Å². The van der Waals surface area contributed by atoms with Crippen molar-refractivity contribution >= 4 is 29.1 Å². The molecule has 7 heteroatoms. The van der Waals surface area contributed by atoms with Gasteiger partial charge in [-0.1, -0.05) is 0 Å². The van der Waals surface area contributed by atoms with E-state index in [2.05, 4.69) is 10.6 Å². The van der Waals surface area contributed by atoms with Crippen molar-refractivity contribution in [3.63, 3.8) is 0 Å². The Kier molecular flexibility index (Phi) is 7.45. The number of carboxylic acids is 1. The smallest absolute Gasteiger partial charge is 0.303 e. The summed E-state index contributed by atoms with van der Waals surface area (Å²) in [4.78, 5) is 33.6. The van der Waals surface area contributed by atoms with E-state index < -0.39 is 5.97 Å². The number of carbonyl (C=O) groups excluding carboxylic acids is 2. The molecule has 1 unspecified atom stereocenters. The molecule has 1 atom stereocenters. The summed E-state index contributed by atoms with van der Waals surface area (Å²) in [5.74, 6) is -1.13. The SMILES string of the molecule is CC(CCC(=O)O)NC(=O)CCCNC(=O)c1ccsc1. The lowest BCUT2D eigenvalue weighted by atomic mass is 10.1. The van der Waals surface area contributed by atoms with Crippen LogP contribution in [-0.2, 0) is 9.59 Å². The molecule has 1 rings (SSSR count). The topological polar surface area (TPSA) is 95.5 Å². The molecule has 2 amide bonds. The van der Waals surface area contributed by atoms with E-state index in [0.717, 1.165) is 0 Å². The molecule has 116 valence electrons. The van der Waals surface area contributed by atoms with E-state index in [-0.39, 0.29) is 24.3 Å². The average Bonchev–Trinajstić information content (AvgIpc) is 2.95. The Morgan fingerprint density at radius 1 is 1.33 bits per heavy atom. The van der Waals surface area contributed by atoms with Crippen molar-refractivity contribution in [1.82, 2.24) is 10.6 Å². The fourth-order valence-corrected chi connectivity index (χ4v) is 2.34. The van der Waals surface area contributed by atoms with E-state index in [1.54, 1.807) is 18.4 Å². The molecule has 0 fully saturated rings. The summed E-state index contributed by atoms with van der Waals surface area (Å²) in [7, 11) is 0. The summed E-state index contributed by atoms with van der Waals surface area (Å²) in [5, 5.41) is 17.6. The summed E-state index contributed by atoms with van der Waals surface area (Å²) in [5.41, 5.74) is 0.631. The lowest BCUT2D eigenvalue weighted by Crippen LogP contribution is -2.33. The number of hydrogen-bond acceptors (Lipinski definition) is 4. The summed E-state index contributed by atoms with van der Waals surface area (Å²) in [6.45, 7) is 2.21. The monoisotopic (exact) mass is 312 g/mol. The van der Waals surface area contributed by atoms with Gasteiger partial charge in [0.25, 0.3) is 5.91 Å². The first-order chi connectivity index (χ1) is 9.99. The Morgan fingerprint density at radius 2 is 2.10 bits per heavy atom. The molecule has 0 saturated carbocycles. The Hall–Kier alpha value is -1.89. The number of rotatable bonds is 9. The molecule has 1 heterocycles. The molecule has 21 heavy (non-hydrogen) atoms. The number of carboxylic acid groups (broad SMARTS) is 1. The predicted octanol–water partition coefficient (Wildman–Crippen LogP) is 1.63. The van der Waals surface area contributed by atoms with E-state index in [4.69, 9.17) is 5.11 Å². The summed E-state index contributed by atoms with van der Waals surface area (Å²) in [6, 6.07) is 1.59. The molecule has 0 saturated heterocycles. The zero-order valence-corrected chi connectivity index (χ0v) is 12.7. The van der Waals surface area contributed by atoms with E-state index in [9.17, 15) is 14.4 Å². The molecule has 0 aliphatic heterocycles. The predicted molar refractivity (Wildman–Crippen MR) is 80.4 cm³/mol. The highest BCUT2D eigenvalue weighted by Crippen LogP contribution is 2.05. The number of hydrogen-bond donors (Lipinski definition) is 3. The molecule has 1 aromatic heterocycles. The van der Waals surface area contributed by atoms with Crippen molar-refractivity contribution in [3.05, 3.63) is 22.4 Å². The van der Waals surface area contributed by atoms with Gasteiger partial charge in [0.05, 0.1) is 0 Å². The summed E-state index contributed by atoms with van der Waals surface area (Å²) >= 11 is 1.46. The molecular formula is C14H20N2O4S. The zero-order valence-electron chi connectivity index (χ0n) is 11.9. The first-order valence-electron chi connectivity index (χ1n) is 6.80. The molecule has 3 N–H and O–H groups in total. The van der Waals surface area contributed by atoms with Gasteiger partial charge in [-0.2, -0.15) is 11.3 Å². The van der Waals surface area contributed by atoms with Gasteiger partial charge < -0.3 is 15.7 Å². The average molecular weight is 312 g/mol. The van der Waals surface area contributed by atoms with Gasteiger partial charge in [-0.25, -0.2) is 0 Å². The van der Waals surface area contributed by atoms with Crippen LogP contribution in [0.25, 0.3) is 0 Å². The molecule has 0 aliphatic carbocycles. The van der Waals surface area contributed by atoms with Gasteiger partial charge in [0.15, 0.2) is 0 Å². The fraction of sp³-hybridized carbons (Fsp3) is 0.500. The first kappa shape index (κ1) is 17.2. The number of carbonyl (C=O) groups is 3. The minimum absolute atomic E-state index is 0.0398. The molecule has 0 bridgehead atoms. The lowest BCUT2D eigenvalue weighted by molar-refractivity contribution is -0.137. The third-order valence-electron chi connectivity index (χ3n) is 2.85. The quantitative estimate of drug-likeness (QED) is 0.604. The standard InChI is InChI=1S/C14H20N2O4S/c1-10(4-5-13(18)19)16-12(17)3-2-7-15-14(20)11-6-8-21-9-11/h6,8-10H,2-5,7H2,1H3,(H,15,20)(H,16,17)(H,18,19). The molecule has 0 aromatic carbocycles. The van der Waals surface area contributed by atoms with E-state index in [0.29, 0.717) is 31.4 Å². The number of aliphatic carboxylic acids is 1. The molecule has 1 aromatic rings. The largest absolute Gasteiger partial charge is 0.481 e. The van der Waals surface area contributed by atoms with Crippen molar-refractivity contribution < 1.29 is 19.5 Å². The molecule has 0 aliphatic rings. The lowest BCUT2D eigenvalue weighted by Gasteiger charge is -2.12. The molecule has 0 radical (unpaired) electrons. The summed E-state index contributed by atoms with van der Waals surface area (Å²) in [6.07, 6.45) is 1.31. The van der Waals surface area contributed by atoms with Gasteiger partial charge in [0, 0.05) is 36.4 Å². The Balaban J connectivity index is 2.10. The number of amides is 2. The minimum atomic E-state index is -0.868. The highest BCUT2D eigenvalue weighted by molar-refractivity contribution is 7.08. The minimum Gasteiger partial charge on any atom is -0.481 e. The van der Waals surface area contributed by atoms with Crippen LogP contribution in [-0.4, -0.2) is 35.5 Å². The highest BCUT2D eigenvalue weighted by Gasteiger charge is 2.09. The van der Waals surface area contributed by atoms with Gasteiger partial charge in [-0.3, -0.25) is 14.4 Å². The van der Waals surface area contributed by atoms with Crippen molar-refractivity contribution in [2.45, 2.75) is 38.6 Å². The van der Waals surface area contributed by atoms with Gasteiger partial charge in [0.2, 0.25) is 5.91 Å². The van der Waals surface area contributed by atoms with Crippen molar-refractivity contribution in [2.75, 3.05) is 6.54 Å². The van der Waals surface area contributed by atoms with E-state index in [1.165, 1.54) is 11.3 Å². The van der Waals surface area contributed by atoms with Crippen LogP contribution >= 0.6 is 11.3 Å². The summed E-state index contributed by atoms with van der Waals surface area (Å²) < 4.78 is 0. The molecular weight excluding hydrogens is 292 g/mol. The van der Waals surface area contributed by atoms with Crippen molar-refractivity contribution in [2.24, 2.45) is 0 Å². The van der Waals surface area contributed by atoms with E-state index in [1.807, 2.05) is 5.38 Å². The zero-order chi connectivity index (χ0) is 15.7. The second kappa shape index (κ2) is 9.12. The van der Waals surface area contributed by atoms with Gasteiger partial charge in [-0.05, 0) is 31.2 Å². The molecule has 6 nitrogen and oxygen atoms in total.